The van der Waals surface area contributed by atoms with Crippen molar-refractivity contribution >= 4 is 18.9 Å². The van der Waals surface area contributed by atoms with E-state index in [-0.39, 0.29) is 0 Å². The molecule has 0 N–H and O–H groups in total. The van der Waals surface area contributed by atoms with E-state index >= 15 is 0 Å². The molecule has 1 rings (SSSR count). The average Bonchev–Trinajstić information content (AvgIpc) is 2.02. The molecule has 0 atom stereocenters. The number of nitrogens with zero attached hydrogens (tertiary/aromatic N) is 2. The van der Waals surface area contributed by atoms with Crippen LogP contribution in [0.1, 0.15) is 34.1 Å². The summed E-state index contributed by atoms with van der Waals surface area (Å²) < 4.78 is 7.29. The molecule has 1 heterocycles. The topological polar surface area (TPSA) is 6.48 Å². The molecule has 2 nitrogen and oxygen atoms in total. The summed E-state index contributed by atoms with van der Waals surface area (Å²) in [4.78, 5) is 0. The van der Waals surface area contributed by atoms with Crippen LogP contribution in [0.3, 0.4) is 0 Å². The fraction of sp³-hybridized carbons (Fsp3) is 1.00. The molecule has 0 radical (unpaired) electrons. The zero-order valence-electron chi connectivity index (χ0n) is 10.7. The molecule has 0 spiro atoms. The van der Waals surface area contributed by atoms with E-state index < -0.39 is 18.9 Å². The Morgan fingerprint density at radius 3 is 1.43 bits per heavy atom. The second kappa shape index (κ2) is 4.70. The van der Waals surface area contributed by atoms with Crippen molar-refractivity contribution in [3.63, 3.8) is 0 Å². The molecule has 0 unspecified atom stereocenters. The van der Waals surface area contributed by atoms with Gasteiger partial charge in [-0.2, -0.15) is 0 Å². The van der Waals surface area contributed by atoms with Crippen LogP contribution in [-0.2, 0) is 0 Å². The molecular formula is C11H26N2Sn. The van der Waals surface area contributed by atoms with Gasteiger partial charge in [0.05, 0.1) is 0 Å². The normalized spacial score (nSPS) is 24.9. The van der Waals surface area contributed by atoms with E-state index in [1.807, 2.05) is 0 Å². The minimum absolute atomic E-state index is 0.889. The van der Waals surface area contributed by atoms with Crippen molar-refractivity contribution < 1.29 is 0 Å². The minimum atomic E-state index is -2.22. The van der Waals surface area contributed by atoms with E-state index in [0.717, 1.165) is 7.87 Å². The quantitative estimate of drug-likeness (QED) is 0.723. The Labute approximate surface area is 94.2 Å². The fourth-order valence-electron chi connectivity index (χ4n) is 3.62. The molecule has 0 aromatic heterocycles. The third-order valence-electron chi connectivity index (χ3n) is 3.91. The van der Waals surface area contributed by atoms with Crippen molar-refractivity contribution in [1.82, 2.24) is 6.24 Å². The SMILES string of the molecule is C[CH](C)[Sn]1([CH](C)C)[N](C)CCC[N]1C. The first kappa shape index (κ1) is 12.8. The van der Waals surface area contributed by atoms with Gasteiger partial charge in [-0.3, -0.25) is 0 Å². The van der Waals surface area contributed by atoms with Crippen LogP contribution in [0, 0.1) is 0 Å². The third kappa shape index (κ3) is 1.85. The maximum atomic E-state index is 2.76. The predicted molar refractivity (Wildman–Crippen MR) is 65.8 cm³/mol. The Morgan fingerprint density at radius 1 is 0.857 bits per heavy atom. The van der Waals surface area contributed by atoms with Crippen molar-refractivity contribution in [2.24, 2.45) is 0 Å². The Balaban J connectivity index is 3.02. The number of hydrogen-bond acceptors (Lipinski definition) is 2. The van der Waals surface area contributed by atoms with E-state index in [1.165, 1.54) is 19.5 Å². The summed E-state index contributed by atoms with van der Waals surface area (Å²) in [5, 5.41) is 0. The van der Waals surface area contributed by atoms with Crippen molar-refractivity contribution in [2.75, 3.05) is 27.2 Å². The summed E-state index contributed by atoms with van der Waals surface area (Å²) in [6.45, 7) is 12.4. The van der Waals surface area contributed by atoms with Crippen LogP contribution in [-0.4, -0.2) is 52.4 Å². The molecular weight excluding hydrogens is 279 g/mol. The van der Waals surface area contributed by atoms with E-state index in [9.17, 15) is 0 Å². The van der Waals surface area contributed by atoms with Crippen LogP contribution in [0.15, 0.2) is 0 Å². The maximum absolute atomic E-state index is 2.76. The van der Waals surface area contributed by atoms with Gasteiger partial charge in [0.15, 0.2) is 0 Å². The van der Waals surface area contributed by atoms with Gasteiger partial charge < -0.3 is 0 Å². The van der Waals surface area contributed by atoms with Crippen molar-refractivity contribution in [1.29, 1.82) is 0 Å². The van der Waals surface area contributed by atoms with Gasteiger partial charge in [-0.15, -0.1) is 0 Å². The molecule has 84 valence electrons. The molecule has 1 fully saturated rings. The Kier molecular flexibility index (Phi) is 4.30. The molecule has 0 bridgehead atoms. The molecule has 0 aromatic rings. The van der Waals surface area contributed by atoms with Crippen molar-refractivity contribution in [2.45, 2.75) is 42.0 Å². The first-order valence-corrected chi connectivity index (χ1v) is 11.7. The summed E-state index contributed by atoms with van der Waals surface area (Å²) in [6, 6.07) is 0. The van der Waals surface area contributed by atoms with Gasteiger partial charge in [0.2, 0.25) is 0 Å². The van der Waals surface area contributed by atoms with Crippen molar-refractivity contribution in [3.05, 3.63) is 0 Å². The zero-order valence-corrected chi connectivity index (χ0v) is 13.5. The number of hydrogen-bond donors (Lipinski definition) is 0. The molecule has 0 aliphatic carbocycles. The molecule has 3 heteroatoms. The molecule has 0 aromatic carbocycles. The molecule has 0 saturated carbocycles. The van der Waals surface area contributed by atoms with Crippen LogP contribution in [0.2, 0.25) is 7.87 Å². The van der Waals surface area contributed by atoms with E-state index in [2.05, 4.69) is 48.0 Å². The van der Waals surface area contributed by atoms with E-state index in [4.69, 9.17) is 0 Å². The Morgan fingerprint density at radius 2 is 1.21 bits per heavy atom. The second-order valence-corrected chi connectivity index (χ2v) is 20.7. The Bertz CT molecular complexity index is 172. The van der Waals surface area contributed by atoms with Gasteiger partial charge in [0.1, 0.15) is 0 Å². The fourth-order valence-corrected chi connectivity index (χ4v) is 22.1. The summed E-state index contributed by atoms with van der Waals surface area (Å²) >= 11 is -2.22. The Hall–Kier alpha value is 0.719. The second-order valence-electron chi connectivity index (χ2n) is 5.29. The molecule has 1 aliphatic rings. The van der Waals surface area contributed by atoms with Gasteiger partial charge in [0, 0.05) is 0 Å². The monoisotopic (exact) mass is 306 g/mol. The van der Waals surface area contributed by atoms with Crippen LogP contribution >= 0.6 is 0 Å². The van der Waals surface area contributed by atoms with Gasteiger partial charge in [-0.05, 0) is 0 Å². The van der Waals surface area contributed by atoms with Crippen LogP contribution in [0.4, 0.5) is 0 Å². The zero-order chi connectivity index (χ0) is 10.9. The molecule has 1 saturated heterocycles. The third-order valence-corrected chi connectivity index (χ3v) is 21.9. The molecule has 0 amide bonds. The summed E-state index contributed by atoms with van der Waals surface area (Å²) in [6.07, 6.45) is 1.35. The first-order valence-electron chi connectivity index (χ1n) is 5.86. The van der Waals surface area contributed by atoms with Crippen molar-refractivity contribution in [3.8, 4) is 0 Å². The average molecular weight is 305 g/mol. The van der Waals surface area contributed by atoms with E-state index in [1.54, 1.807) is 0 Å². The number of rotatable bonds is 2. The molecule has 1 aliphatic heterocycles. The summed E-state index contributed by atoms with van der Waals surface area (Å²) in [5.74, 6) is 0. The standard InChI is InChI=1S/C5H12N2.2C3H7.Sn/c1-6-4-3-5-7-2;2*1-3-2;/h3-5H2,1-2H3;2*3H,1-2H3;/q-2;;;+2. The summed E-state index contributed by atoms with van der Waals surface area (Å²) in [5.41, 5.74) is 0. The summed E-state index contributed by atoms with van der Waals surface area (Å²) in [7, 11) is 4.73. The van der Waals surface area contributed by atoms with Gasteiger partial charge in [-0.1, -0.05) is 0 Å². The van der Waals surface area contributed by atoms with Gasteiger partial charge >= 0.3 is 94.3 Å². The van der Waals surface area contributed by atoms with Crippen LogP contribution in [0.25, 0.3) is 0 Å². The van der Waals surface area contributed by atoms with Crippen LogP contribution in [0.5, 0.6) is 0 Å². The van der Waals surface area contributed by atoms with Crippen LogP contribution < -0.4 is 0 Å². The molecule has 14 heavy (non-hydrogen) atoms. The predicted octanol–water partition coefficient (Wildman–Crippen LogP) is 2.52. The van der Waals surface area contributed by atoms with Gasteiger partial charge in [-0.25, -0.2) is 0 Å². The van der Waals surface area contributed by atoms with Gasteiger partial charge in [0.25, 0.3) is 0 Å². The van der Waals surface area contributed by atoms with E-state index in [0.29, 0.717) is 0 Å². The first-order chi connectivity index (χ1) is 6.44.